The van der Waals surface area contributed by atoms with Gasteiger partial charge in [0, 0.05) is 12.7 Å². The number of carboxylic acid groups (broad SMARTS) is 1. The van der Waals surface area contributed by atoms with Crippen molar-refractivity contribution in [3.63, 3.8) is 0 Å². The Morgan fingerprint density at radius 2 is 1.33 bits per heavy atom. The standard InChI is InChI=1S/C32H33F5N2O5S/c1-18(2)29(38(3)45(43,44)30-27(36)25(34)24(33)26(35)28(30)37)31(40)39(23-15-13-22(14-16-23)32(41)42)17-19-9-11-21(12-10-19)20-7-5-4-6-8-20/h9-16,18,20,29H,4-8,17H2,1-3H3,(H,41,42). The van der Waals surface area contributed by atoms with E-state index in [1.165, 1.54) is 49.4 Å². The number of hydrogen-bond donors (Lipinski definition) is 1. The molecule has 0 saturated heterocycles. The zero-order chi connectivity index (χ0) is 33.2. The molecule has 0 radical (unpaired) electrons. The Kier molecular flexibility index (Phi) is 10.3. The first kappa shape index (κ1) is 34.0. The van der Waals surface area contributed by atoms with E-state index in [0.717, 1.165) is 38.3 Å². The molecule has 4 rings (SSSR count). The maximum Gasteiger partial charge on any atom is 0.335 e. The number of benzene rings is 3. The van der Waals surface area contributed by atoms with Crippen LogP contribution in [0.1, 0.15) is 73.4 Å². The second-order valence-corrected chi connectivity index (χ2v) is 13.4. The highest BCUT2D eigenvalue weighted by Crippen LogP contribution is 2.34. The molecule has 0 bridgehead atoms. The van der Waals surface area contributed by atoms with E-state index in [4.69, 9.17) is 0 Å². The minimum absolute atomic E-state index is 0.0746. The summed E-state index contributed by atoms with van der Waals surface area (Å²) < 4.78 is 98.0. The molecule has 0 heterocycles. The predicted molar refractivity (Wildman–Crippen MR) is 157 cm³/mol. The molecule has 13 heteroatoms. The smallest absolute Gasteiger partial charge is 0.335 e. The lowest BCUT2D eigenvalue weighted by atomic mass is 9.84. The lowest BCUT2D eigenvalue weighted by molar-refractivity contribution is -0.123. The van der Waals surface area contributed by atoms with Crippen molar-refractivity contribution in [2.75, 3.05) is 11.9 Å². The molecule has 1 aliphatic rings. The van der Waals surface area contributed by atoms with Crippen molar-refractivity contribution in [2.24, 2.45) is 5.92 Å². The van der Waals surface area contributed by atoms with Crippen LogP contribution in [0.2, 0.25) is 0 Å². The summed E-state index contributed by atoms with van der Waals surface area (Å²) in [5.74, 6) is -15.0. The Balaban J connectivity index is 1.75. The fourth-order valence-corrected chi connectivity index (χ4v) is 7.27. The average molecular weight is 653 g/mol. The summed E-state index contributed by atoms with van der Waals surface area (Å²) in [4.78, 5) is 24.8. The van der Waals surface area contributed by atoms with Crippen LogP contribution in [0.4, 0.5) is 27.6 Å². The zero-order valence-electron chi connectivity index (χ0n) is 24.9. The van der Waals surface area contributed by atoms with Crippen LogP contribution >= 0.6 is 0 Å². The van der Waals surface area contributed by atoms with E-state index in [2.05, 4.69) is 0 Å². The summed E-state index contributed by atoms with van der Waals surface area (Å²) in [5, 5.41) is 9.33. The summed E-state index contributed by atoms with van der Waals surface area (Å²) >= 11 is 0. The van der Waals surface area contributed by atoms with Gasteiger partial charge >= 0.3 is 5.97 Å². The average Bonchev–Trinajstić information content (AvgIpc) is 3.02. The van der Waals surface area contributed by atoms with Gasteiger partial charge < -0.3 is 10.0 Å². The third-order valence-corrected chi connectivity index (χ3v) is 10.0. The number of carbonyl (C=O) groups excluding carboxylic acids is 1. The van der Waals surface area contributed by atoms with Gasteiger partial charge in [-0.25, -0.2) is 35.2 Å². The molecule has 1 fully saturated rings. The minimum atomic E-state index is -5.46. The topological polar surface area (TPSA) is 95.0 Å². The van der Waals surface area contributed by atoms with Gasteiger partial charge in [-0.15, -0.1) is 0 Å². The Morgan fingerprint density at radius 3 is 1.82 bits per heavy atom. The zero-order valence-corrected chi connectivity index (χ0v) is 25.7. The summed E-state index contributed by atoms with van der Waals surface area (Å²) in [6.45, 7) is 2.81. The largest absolute Gasteiger partial charge is 0.478 e. The molecule has 1 unspecified atom stereocenters. The van der Waals surface area contributed by atoms with E-state index < -0.39 is 67.8 Å². The van der Waals surface area contributed by atoms with Crippen molar-refractivity contribution in [3.8, 4) is 0 Å². The molecule has 242 valence electrons. The SMILES string of the molecule is CC(C)C(C(=O)N(Cc1ccc(C2CCCCC2)cc1)c1ccc(C(=O)O)cc1)N(C)S(=O)(=O)c1c(F)c(F)c(F)c(F)c1F. The molecule has 0 aromatic heterocycles. The van der Waals surface area contributed by atoms with Gasteiger partial charge in [-0.3, -0.25) is 4.79 Å². The lowest BCUT2D eigenvalue weighted by Crippen LogP contribution is -2.52. The molecule has 3 aromatic rings. The number of carboxylic acids is 1. The normalized spacial score (nSPS) is 15.0. The first-order chi connectivity index (χ1) is 21.2. The molecule has 1 N–H and O–H groups in total. The van der Waals surface area contributed by atoms with Gasteiger partial charge in [0.05, 0.1) is 12.1 Å². The van der Waals surface area contributed by atoms with Crippen LogP contribution in [0.25, 0.3) is 0 Å². The van der Waals surface area contributed by atoms with E-state index in [1.807, 2.05) is 24.3 Å². The number of halogens is 5. The van der Waals surface area contributed by atoms with Gasteiger partial charge in [0.1, 0.15) is 6.04 Å². The Bertz CT molecular complexity index is 1650. The highest BCUT2D eigenvalue weighted by molar-refractivity contribution is 7.89. The fraction of sp³-hybridized carbons (Fsp3) is 0.375. The van der Waals surface area contributed by atoms with Crippen molar-refractivity contribution in [1.82, 2.24) is 4.31 Å². The van der Waals surface area contributed by atoms with Crippen molar-refractivity contribution in [3.05, 3.63) is 94.3 Å². The van der Waals surface area contributed by atoms with Crippen LogP contribution in [-0.2, 0) is 21.4 Å². The number of likely N-dealkylation sites (N-methyl/N-ethyl adjacent to an activating group) is 1. The van der Waals surface area contributed by atoms with E-state index in [9.17, 15) is 45.1 Å². The van der Waals surface area contributed by atoms with Gasteiger partial charge in [-0.2, -0.15) is 4.31 Å². The van der Waals surface area contributed by atoms with Crippen LogP contribution in [0.15, 0.2) is 53.4 Å². The number of amides is 1. The molecule has 1 amide bonds. The summed E-state index contributed by atoms with van der Waals surface area (Å²) in [5.41, 5.74) is 1.91. The lowest BCUT2D eigenvalue weighted by Gasteiger charge is -2.34. The van der Waals surface area contributed by atoms with Crippen LogP contribution in [0.3, 0.4) is 0 Å². The predicted octanol–water partition coefficient (Wildman–Crippen LogP) is 7.01. The molecule has 0 spiro atoms. The molecule has 7 nitrogen and oxygen atoms in total. The van der Waals surface area contributed by atoms with E-state index in [-0.39, 0.29) is 17.8 Å². The molecule has 1 aliphatic carbocycles. The second kappa shape index (κ2) is 13.7. The van der Waals surface area contributed by atoms with Crippen LogP contribution in [0.5, 0.6) is 0 Å². The third kappa shape index (κ3) is 6.89. The summed E-state index contributed by atoms with van der Waals surface area (Å²) in [7, 11) is -4.64. The van der Waals surface area contributed by atoms with Crippen molar-refractivity contribution in [2.45, 2.75) is 69.4 Å². The van der Waals surface area contributed by atoms with Gasteiger partial charge in [0.25, 0.3) is 0 Å². The Labute approximate surface area is 258 Å². The number of sulfonamides is 1. The van der Waals surface area contributed by atoms with Crippen molar-refractivity contribution >= 4 is 27.6 Å². The summed E-state index contributed by atoms with van der Waals surface area (Å²) in [6.07, 6.45) is 5.61. The first-order valence-corrected chi connectivity index (χ1v) is 15.8. The van der Waals surface area contributed by atoms with Gasteiger partial charge in [-0.05, 0) is 60.1 Å². The van der Waals surface area contributed by atoms with Crippen LogP contribution in [0, 0.1) is 35.0 Å². The minimum Gasteiger partial charge on any atom is -0.478 e. The molecular formula is C32H33F5N2O5S. The van der Waals surface area contributed by atoms with Gasteiger partial charge in [0.15, 0.2) is 28.2 Å². The molecule has 0 aliphatic heterocycles. The third-order valence-electron chi connectivity index (χ3n) is 8.17. The van der Waals surface area contributed by atoms with Gasteiger partial charge in [0.2, 0.25) is 21.7 Å². The fourth-order valence-electron chi connectivity index (χ4n) is 5.72. The molecule has 3 aromatic carbocycles. The van der Waals surface area contributed by atoms with Gasteiger partial charge in [-0.1, -0.05) is 57.4 Å². The number of nitrogens with zero attached hydrogens (tertiary/aromatic N) is 2. The number of carbonyl (C=O) groups is 2. The monoisotopic (exact) mass is 652 g/mol. The molecule has 1 saturated carbocycles. The van der Waals surface area contributed by atoms with Crippen molar-refractivity contribution < 1.29 is 45.1 Å². The maximum absolute atomic E-state index is 14.6. The van der Waals surface area contributed by atoms with Crippen LogP contribution in [-0.4, -0.2) is 42.8 Å². The van der Waals surface area contributed by atoms with E-state index in [1.54, 1.807) is 0 Å². The second-order valence-electron chi connectivity index (χ2n) is 11.5. The number of aromatic carboxylic acids is 1. The number of rotatable bonds is 10. The quantitative estimate of drug-likeness (QED) is 0.145. The van der Waals surface area contributed by atoms with Crippen LogP contribution < -0.4 is 4.90 Å². The molecule has 1 atom stereocenters. The van der Waals surface area contributed by atoms with E-state index in [0.29, 0.717) is 15.8 Å². The number of anilines is 1. The Hall–Kier alpha value is -3.84. The highest BCUT2D eigenvalue weighted by atomic mass is 32.2. The number of hydrogen-bond acceptors (Lipinski definition) is 4. The Morgan fingerprint density at radius 1 is 0.822 bits per heavy atom. The summed E-state index contributed by atoms with van der Waals surface area (Å²) in [6, 6.07) is 11.1. The van der Waals surface area contributed by atoms with Crippen molar-refractivity contribution in [1.29, 1.82) is 0 Å². The first-order valence-electron chi connectivity index (χ1n) is 14.4. The molecule has 45 heavy (non-hydrogen) atoms. The van der Waals surface area contributed by atoms with E-state index >= 15 is 0 Å². The highest BCUT2D eigenvalue weighted by Gasteiger charge is 2.42. The maximum atomic E-state index is 14.6. The molecular weight excluding hydrogens is 619 g/mol.